The van der Waals surface area contributed by atoms with Gasteiger partial charge >= 0.3 is 0 Å². The molecule has 0 heterocycles. The maximum atomic E-state index is 6.03. The molecule has 0 N–H and O–H groups in total. The molecule has 0 atom stereocenters. The van der Waals surface area contributed by atoms with Crippen molar-refractivity contribution in [2.45, 2.75) is 4.90 Å². The molecule has 0 nitrogen and oxygen atoms in total. The Bertz CT molecular complexity index is 747. The zero-order valence-electron chi connectivity index (χ0n) is 11.9. The quantitative estimate of drug-likeness (QED) is 0.482. The predicted molar refractivity (Wildman–Crippen MR) is 98.0 cm³/mol. The van der Waals surface area contributed by atoms with Crippen LogP contribution in [0.1, 0.15) is 5.56 Å². The second-order valence-corrected chi connectivity index (χ2v) is 6.17. The number of halogens is 1. The zero-order valence-corrected chi connectivity index (χ0v) is 13.5. The summed E-state index contributed by atoms with van der Waals surface area (Å²) in [6.45, 7) is 0. The Morgan fingerprint density at radius 2 is 1.23 bits per heavy atom. The average molecular weight is 323 g/mol. The molecule has 2 heteroatoms. The van der Waals surface area contributed by atoms with Gasteiger partial charge in [-0.05, 0) is 28.8 Å². The highest BCUT2D eigenvalue weighted by Crippen LogP contribution is 2.35. The summed E-state index contributed by atoms with van der Waals surface area (Å²) in [5.74, 6) is 0. The molecule has 0 spiro atoms. The minimum absolute atomic E-state index is 1.05. The highest BCUT2D eigenvalue weighted by Gasteiger charge is 2.05. The van der Waals surface area contributed by atoms with Gasteiger partial charge in [-0.25, -0.2) is 0 Å². The molecule has 0 unspecified atom stereocenters. The Kier molecular flexibility index (Phi) is 4.99. The number of thioether (sulfide) groups is 1. The zero-order chi connectivity index (χ0) is 15.2. The third-order valence-electron chi connectivity index (χ3n) is 3.35. The SMILES string of the molecule is Cl/C=C(/Sc1ccccc1)c1ccc(-c2ccccc2)cc1. The van der Waals surface area contributed by atoms with E-state index in [0.717, 1.165) is 10.5 Å². The first-order valence-electron chi connectivity index (χ1n) is 7.06. The lowest BCUT2D eigenvalue weighted by molar-refractivity contribution is 1.47. The smallest absolute Gasteiger partial charge is 0.0307 e. The van der Waals surface area contributed by atoms with Crippen LogP contribution in [0.15, 0.2) is 95.4 Å². The molecule has 0 aliphatic heterocycles. The Hall–Kier alpha value is -1.96. The van der Waals surface area contributed by atoms with Crippen LogP contribution in [-0.2, 0) is 0 Å². The van der Waals surface area contributed by atoms with E-state index in [0.29, 0.717) is 0 Å². The average Bonchev–Trinajstić information content (AvgIpc) is 2.61. The van der Waals surface area contributed by atoms with Crippen molar-refractivity contribution in [3.8, 4) is 11.1 Å². The number of rotatable bonds is 4. The van der Waals surface area contributed by atoms with Crippen molar-refractivity contribution in [1.29, 1.82) is 0 Å². The van der Waals surface area contributed by atoms with E-state index < -0.39 is 0 Å². The Morgan fingerprint density at radius 3 is 1.82 bits per heavy atom. The largest absolute Gasteiger partial charge is 0.0917 e. The summed E-state index contributed by atoms with van der Waals surface area (Å²) < 4.78 is 0. The van der Waals surface area contributed by atoms with E-state index >= 15 is 0 Å². The maximum Gasteiger partial charge on any atom is 0.0307 e. The van der Waals surface area contributed by atoms with Crippen LogP contribution in [0.4, 0.5) is 0 Å². The van der Waals surface area contributed by atoms with E-state index in [-0.39, 0.29) is 0 Å². The maximum absolute atomic E-state index is 6.03. The van der Waals surface area contributed by atoms with E-state index in [1.54, 1.807) is 17.3 Å². The summed E-state index contributed by atoms with van der Waals surface area (Å²) in [5, 5.41) is 0. The number of hydrogen-bond donors (Lipinski definition) is 0. The van der Waals surface area contributed by atoms with Gasteiger partial charge < -0.3 is 0 Å². The predicted octanol–water partition coefficient (Wildman–Crippen LogP) is 6.68. The van der Waals surface area contributed by atoms with Crippen molar-refractivity contribution in [1.82, 2.24) is 0 Å². The van der Waals surface area contributed by atoms with Gasteiger partial charge in [-0.1, -0.05) is 96.2 Å². The third kappa shape index (κ3) is 3.62. The molecule has 3 aromatic carbocycles. The Balaban J connectivity index is 1.82. The minimum Gasteiger partial charge on any atom is -0.0917 e. The molecule has 0 bridgehead atoms. The first-order chi connectivity index (χ1) is 10.9. The normalized spacial score (nSPS) is 11.4. The molecule has 3 aromatic rings. The summed E-state index contributed by atoms with van der Waals surface area (Å²) in [4.78, 5) is 2.23. The van der Waals surface area contributed by atoms with Gasteiger partial charge in [-0.15, -0.1) is 0 Å². The molecular weight excluding hydrogens is 308 g/mol. The fourth-order valence-corrected chi connectivity index (χ4v) is 3.32. The Morgan fingerprint density at radius 1 is 0.682 bits per heavy atom. The monoisotopic (exact) mass is 322 g/mol. The minimum atomic E-state index is 1.05. The van der Waals surface area contributed by atoms with Crippen LogP contribution in [0.5, 0.6) is 0 Å². The van der Waals surface area contributed by atoms with E-state index in [9.17, 15) is 0 Å². The lowest BCUT2D eigenvalue weighted by Gasteiger charge is -2.08. The first-order valence-corrected chi connectivity index (χ1v) is 8.31. The van der Waals surface area contributed by atoms with E-state index in [1.807, 2.05) is 24.3 Å². The molecule has 0 aliphatic carbocycles. The topological polar surface area (TPSA) is 0 Å². The highest BCUT2D eigenvalue weighted by molar-refractivity contribution is 8.08. The van der Waals surface area contributed by atoms with Crippen molar-refractivity contribution in [2.24, 2.45) is 0 Å². The molecule has 0 radical (unpaired) electrons. The highest BCUT2D eigenvalue weighted by atomic mass is 35.5. The van der Waals surface area contributed by atoms with Crippen LogP contribution in [0, 0.1) is 0 Å². The summed E-state index contributed by atoms with van der Waals surface area (Å²) in [6, 6.07) is 29.1. The first kappa shape index (κ1) is 15.0. The number of hydrogen-bond acceptors (Lipinski definition) is 1. The third-order valence-corrected chi connectivity index (χ3v) is 4.78. The summed E-state index contributed by atoms with van der Waals surface area (Å²) in [7, 11) is 0. The molecule has 0 aromatic heterocycles. The van der Waals surface area contributed by atoms with Crippen molar-refractivity contribution in [2.75, 3.05) is 0 Å². The summed E-state index contributed by atoms with van der Waals surface area (Å²) in [5.41, 5.74) is 5.21. The van der Waals surface area contributed by atoms with Crippen molar-refractivity contribution < 1.29 is 0 Å². The fourth-order valence-electron chi connectivity index (χ4n) is 2.22. The van der Waals surface area contributed by atoms with Crippen LogP contribution in [0.25, 0.3) is 16.0 Å². The second kappa shape index (κ2) is 7.35. The lowest BCUT2D eigenvalue weighted by atomic mass is 10.0. The second-order valence-electron chi connectivity index (χ2n) is 4.83. The van der Waals surface area contributed by atoms with Gasteiger partial charge in [-0.2, -0.15) is 0 Å². The van der Waals surface area contributed by atoms with Crippen molar-refractivity contribution >= 4 is 28.3 Å². The lowest BCUT2D eigenvalue weighted by Crippen LogP contribution is -1.82. The van der Waals surface area contributed by atoms with Gasteiger partial charge in [0.2, 0.25) is 0 Å². The molecule has 3 rings (SSSR count). The van der Waals surface area contributed by atoms with Gasteiger partial charge in [0.25, 0.3) is 0 Å². The fraction of sp³-hybridized carbons (Fsp3) is 0. The standard InChI is InChI=1S/C20H15ClS/c21-15-20(22-19-9-5-2-6-10-19)18-13-11-17(12-14-18)16-7-3-1-4-8-16/h1-15H/b20-15+. The van der Waals surface area contributed by atoms with Gasteiger partial charge in [0, 0.05) is 15.3 Å². The molecule has 22 heavy (non-hydrogen) atoms. The molecule has 108 valence electrons. The van der Waals surface area contributed by atoms with Crippen LogP contribution in [-0.4, -0.2) is 0 Å². The Labute approximate surface area is 140 Å². The van der Waals surface area contributed by atoms with Gasteiger partial charge in [-0.3, -0.25) is 0 Å². The van der Waals surface area contributed by atoms with Gasteiger partial charge in [0.05, 0.1) is 0 Å². The number of benzene rings is 3. The molecule has 0 amide bonds. The molecule has 0 fully saturated rings. The van der Waals surface area contributed by atoms with Crippen LogP contribution < -0.4 is 0 Å². The van der Waals surface area contributed by atoms with E-state index in [4.69, 9.17) is 11.6 Å². The van der Waals surface area contributed by atoms with Crippen molar-refractivity contribution in [3.63, 3.8) is 0 Å². The van der Waals surface area contributed by atoms with E-state index in [1.165, 1.54) is 16.0 Å². The summed E-state index contributed by atoms with van der Waals surface area (Å²) >= 11 is 7.70. The molecular formula is C20H15ClS. The van der Waals surface area contributed by atoms with E-state index in [2.05, 4.69) is 60.7 Å². The van der Waals surface area contributed by atoms with Crippen LogP contribution in [0.2, 0.25) is 0 Å². The molecule has 0 saturated carbocycles. The summed E-state index contributed by atoms with van der Waals surface area (Å²) in [6.07, 6.45) is 0. The molecule has 0 saturated heterocycles. The van der Waals surface area contributed by atoms with Gasteiger partial charge in [0.15, 0.2) is 0 Å². The van der Waals surface area contributed by atoms with Crippen molar-refractivity contribution in [3.05, 3.63) is 96.0 Å². The molecule has 0 aliphatic rings. The van der Waals surface area contributed by atoms with Gasteiger partial charge in [0.1, 0.15) is 0 Å². The van der Waals surface area contributed by atoms with Crippen LogP contribution in [0.3, 0.4) is 0 Å². The van der Waals surface area contributed by atoms with Crippen LogP contribution >= 0.6 is 23.4 Å².